The molecule has 0 saturated carbocycles. The average molecular weight is 280 g/mol. The van der Waals surface area contributed by atoms with Crippen molar-refractivity contribution in [3.8, 4) is 5.88 Å². The van der Waals surface area contributed by atoms with Gasteiger partial charge in [-0.25, -0.2) is 4.98 Å². The van der Waals surface area contributed by atoms with Crippen LogP contribution < -0.4 is 15.8 Å². The molecule has 0 radical (unpaired) electrons. The van der Waals surface area contributed by atoms with Gasteiger partial charge in [0.05, 0.1) is 7.11 Å². The minimum Gasteiger partial charge on any atom is -0.481 e. The lowest BCUT2D eigenvalue weighted by molar-refractivity contribution is 0.304. The van der Waals surface area contributed by atoms with Crippen molar-refractivity contribution >= 4 is 5.84 Å². The zero-order chi connectivity index (χ0) is 15.0. The highest BCUT2D eigenvalue weighted by Gasteiger charge is 2.22. The van der Waals surface area contributed by atoms with Gasteiger partial charge in [0.2, 0.25) is 5.88 Å². The Morgan fingerprint density at radius 3 is 2.95 bits per heavy atom. The van der Waals surface area contributed by atoms with E-state index in [4.69, 9.17) is 15.7 Å². The second-order valence-electron chi connectivity index (χ2n) is 5.32. The van der Waals surface area contributed by atoms with Crippen molar-refractivity contribution < 1.29 is 9.94 Å². The molecule has 0 aromatic carbocycles. The fourth-order valence-corrected chi connectivity index (χ4v) is 1.88. The predicted molar refractivity (Wildman–Crippen MR) is 78.9 cm³/mol. The molecule has 4 N–H and O–H groups in total. The highest BCUT2D eigenvalue weighted by atomic mass is 16.5. The van der Waals surface area contributed by atoms with Gasteiger partial charge in [-0.1, -0.05) is 25.1 Å². The van der Waals surface area contributed by atoms with Crippen LogP contribution in [0.5, 0.6) is 5.88 Å². The maximum Gasteiger partial charge on any atom is 0.217 e. The van der Waals surface area contributed by atoms with Crippen LogP contribution >= 0.6 is 0 Å². The number of rotatable bonds is 8. The van der Waals surface area contributed by atoms with Crippen LogP contribution in [0.1, 0.15) is 32.3 Å². The van der Waals surface area contributed by atoms with Crippen LogP contribution in [0.2, 0.25) is 0 Å². The Morgan fingerprint density at radius 2 is 2.30 bits per heavy atom. The number of hydrogen-bond donors (Lipinski definition) is 3. The number of methoxy groups -OCH3 is 1. The van der Waals surface area contributed by atoms with Crippen LogP contribution in [0.15, 0.2) is 23.5 Å². The third kappa shape index (κ3) is 4.70. The Balaban J connectivity index is 2.32. The molecule has 1 heterocycles. The summed E-state index contributed by atoms with van der Waals surface area (Å²) < 4.78 is 5.19. The molecule has 1 aromatic rings. The van der Waals surface area contributed by atoms with Crippen LogP contribution in [-0.4, -0.2) is 29.7 Å². The maximum atomic E-state index is 8.71. The van der Waals surface area contributed by atoms with Crippen molar-refractivity contribution in [2.24, 2.45) is 16.3 Å². The molecule has 1 rings (SSSR count). The van der Waals surface area contributed by atoms with E-state index < -0.39 is 0 Å². The number of nitrogens with zero attached hydrogens (tertiary/aromatic N) is 2. The normalized spacial score (nSPS) is 12.4. The molecule has 0 aliphatic rings. The first-order valence-electron chi connectivity index (χ1n) is 6.68. The van der Waals surface area contributed by atoms with Crippen molar-refractivity contribution in [1.82, 2.24) is 10.3 Å². The van der Waals surface area contributed by atoms with Crippen LogP contribution in [0, 0.1) is 5.41 Å². The van der Waals surface area contributed by atoms with Gasteiger partial charge in [0.25, 0.3) is 0 Å². The lowest BCUT2D eigenvalue weighted by Crippen LogP contribution is -2.32. The van der Waals surface area contributed by atoms with Crippen LogP contribution in [0.25, 0.3) is 0 Å². The van der Waals surface area contributed by atoms with E-state index in [-0.39, 0.29) is 11.3 Å². The summed E-state index contributed by atoms with van der Waals surface area (Å²) in [7, 11) is 1.62. The highest BCUT2D eigenvalue weighted by molar-refractivity contribution is 5.85. The van der Waals surface area contributed by atoms with Gasteiger partial charge in [0, 0.05) is 23.7 Å². The van der Waals surface area contributed by atoms with Crippen molar-refractivity contribution in [3.05, 3.63) is 23.9 Å². The molecular weight excluding hydrogens is 256 g/mol. The van der Waals surface area contributed by atoms with Gasteiger partial charge in [0.1, 0.15) is 5.84 Å². The molecule has 0 unspecified atom stereocenters. The smallest absolute Gasteiger partial charge is 0.217 e. The zero-order valence-corrected chi connectivity index (χ0v) is 12.4. The third-order valence-corrected chi connectivity index (χ3v) is 3.32. The number of aromatic nitrogens is 1. The number of hydrogen-bond acceptors (Lipinski definition) is 5. The number of ether oxygens (including phenoxy) is 1. The molecule has 1 aromatic heterocycles. The van der Waals surface area contributed by atoms with Crippen molar-refractivity contribution in [1.29, 1.82) is 0 Å². The Labute approximate surface area is 120 Å². The predicted octanol–water partition coefficient (Wildman–Crippen LogP) is 1.73. The summed E-state index contributed by atoms with van der Waals surface area (Å²) in [5.74, 6) is 0.920. The maximum absolute atomic E-state index is 8.71. The first-order chi connectivity index (χ1) is 9.51. The van der Waals surface area contributed by atoms with Gasteiger partial charge in [-0.15, -0.1) is 0 Å². The summed E-state index contributed by atoms with van der Waals surface area (Å²) >= 11 is 0. The minimum absolute atomic E-state index is 0.270. The lowest BCUT2D eigenvalue weighted by Gasteiger charge is -2.22. The second-order valence-corrected chi connectivity index (χ2v) is 5.32. The highest BCUT2D eigenvalue weighted by Crippen LogP contribution is 2.22. The molecule has 0 fully saturated rings. The quantitative estimate of drug-likeness (QED) is 0.222. The first kappa shape index (κ1) is 16.2. The van der Waals surface area contributed by atoms with E-state index in [0.29, 0.717) is 12.4 Å². The standard InChI is InChI=1S/C14H24N4O2/c1-14(2,13(15)18-19)7-5-8-16-10-11-6-4-9-17-12(11)20-3/h4,6,9,16,19H,5,7-8,10H2,1-3H3,(H2,15,18). The van der Waals surface area contributed by atoms with Gasteiger partial charge in [-0.3, -0.25) is 0 Å². The second kappa shape index (κ2) is 7.69. The number of amidine groups is 1. The van der Waals surface area contributed by atoms with Crippen LogP contribution in [0.3, 0.4) is 0 Å². The van der Waals surface area contributed by atoms with Gasteiger partial charge in [-0.05, 0) is 25.5 Å². The Hall–Kier alpha value is -1.82. The number of nitrogens with two attached hydrogens (primary N) is 1. The largest absolute Gasteiger partial charge is 0.481 e. The molecule has 0 aliphatic carbocycles. The first-order valence-corrected chi connectivity index (χ1v) is 6.68. The Bertz CT molecular complexity index is 447. The summed E-state index contributed by atoms with van der Waals surface area (Å²) in [5, 5.41) is 15.1. The molecule has 0 atom stereocenters. The van der Waals surface area contributed by atoms with E-state index in [1.54, 1.807) is 13.3 Å². The Kier molecular flexibility index (Phi) is 6.24. The van der Waals surface area contributed by atoms with E-state index in [1.807, 2.05) is 26.0 Å². The Morgan fingerprint density at radius 1 is 1.55 bits per heavy atom. The molecule has 0 spiro atoms. The van der Waals surface area contributed by atoms with E-state index in [0.717, 1.165) is 24.9 Å². The van der Waals surface area contributed by atoms with Gasteiger partial charge in [0.15, 0.2) is 0 Å². The zero-order valence-electron chi connectivity index (χ0n) is 12.4. The molecule has 0 saturated heterocycles. The van der Waals surface area contributed by atoms with E-state index >= 15 is 0 Å². The summed E-state index contributed by atoms with van der Waals surface area (Å²) in [5.41, 5.74) is 6.39. The van der Waals surface area contributed by atoms with Crippen molar-refractivity contribution in [3.63, 3.8) is 0 Å². The fraction of sp³-hybridized carbons (Fsp3) is 0.571. The monoisotopic (exact) mass is 280 g/mol. The van der Waals surface area contributed by atoms with Crippen LogP contribution in [0.4, 0.5) is 0 Å². The molecule has 0 aliphatic heterocycles. The molecule has 112 valence electrons. The lowest BCUT2D eigenvalue weighted by atomic mass is 9.86. The minimum atomic E-state index is -0.289. The summed E-state index contributed by atoms with van der Waals surface area (Å²) in [6.45, 7) is 5.49. The number of pyridine rings is 1. The molecule has 0 amide bonds. The van der Waals surface area contributed by atoms with Gasteiger partial charge >= 0.3 is 0 Å². The summed E-state index contributed by atoms with van der Waals surface area (Å²) in [6.07, 6.45) is 3.49. The summed E-state index contributed by atoms with van der Waals surface area (Å²) in [4.78, 5) is 4.15. The van der Waals surface area contributed by atoms with Crippen molar-refractivity contribution in [2.75, 3.05) is 13.7 Å². The average Bonchev–Trinajstić information content (AvgIpc) is 2.46. The molecule has 6 heteroatoms. The van der Waals surface area contributed by atoms with E-state index in [2.05, 4.69) is 15.5 Å². The van der Waals surface area contributed by atoms with Crippen LogP contribution in [-0.2, 0) is 6.54 Å². The molecule has 6 nitrogen and oxygen atoms in total. The van der Waals surface area contributed by atoms with E-state index in [1.165, 1.54) is 0 Å². The molecule has 0 bridgehead atoms. The fourth-order valence-electron chi connectivity index (χ4n) is 1.88. The van der Waals surface area contributed by atoms with E-state index in [9.17, 15) is 0 Å². The SMILES string of the molecule is COc1ncccc1CNCCCC(C)(C)C(N)=NO. The topological polar surface area (TPSA) is 92.8 Å². The summed E-state index contributed by atoms with van der Waals surface area (Å²) in [6, 6.07) is 3.88. The third-order valence-electron chi connectivity index (χ3n) is 3.32. The number of nitrogens with one attached hydrogen (secondary N) is 1. The molecule has 20 heavy (non-hydrogen) atoms. The number of oxime groups is 1. The molecular formula is C14H24N4O2. The van der Waals surface area contributed by atoms with Gasteiger partial charge < -0.3 is 21.0 Å². The van der Waals surface area contributed by atoms with Crippen molar-refractivity contribution in [2.45, 2.75) is 33.2 Å². The van der Waals surface area contributed by atoms with Gasteiger partial charge in [-0.2, -0.15) is 0 Å².